The minimum atomic E-state index is -1.05. The molecule has 166 valence electrons. The number of amides is 4. The Morgan fingerprint density at radius 2 is 1.91 bits per heavy atom. The summed E-state index contributed by atoms with van der Waals surface area (Å²) < 4.78 is 1.59. The molecule has 10 heteroatoms. The monoisotopic (exact) mass is 445 g/mol. The van der Waals surface area contributed by atoms with Crippen LogP contribution in [0.15, 0.2) is 66.8 Å². The lowest BCUT2D eigenvalue weighted by Gasteiger charge is -2.12. The lowest BCUT2D eigenvalue weighted by atomic mass is 10.2. The number of aromatic nitrogens is 2. The molecule has 2 aromatic carbocycles. The number of carbonyl (C=O) groups is 4. The second-order valence-electron chi connectivity index (χ2n) is 7.35. The van der Waals surface area contributed by atoms with E-state index in [2.05, 4.69) is 15.6 Å². The topological polar surface area (TPSA) is 134 Å². The van der Waals surface area contributed by atoms with E-state index < -0.39 is 30.4 Å². The van der Waals surface area contributed by atoms with Gasteiger partial charge in [-0.25, -0.2) is 19.5 Å². The molecule has 10 nitrogen and oxygen atoms in total. The number of hydrogen-bond donors (Lipinski definition) is 3. The predicted molar refractivity (Wildman–Crippen MR) is 119 cm³/mol. The van der Waals surface area contributed by atoms with Gasteiger partial charge in [0.1, 0.15) is 12.2 Å². The van der Waals surface area contributed by atoms with Crippen molar-refractivity contribution in [3.05, 3.63) is 83.6 Å². The van der Waals surface area contributed by atoms with Gasteiger partial charge in [-0.05, 0) is 43.3 Å². The van der Waals surface area contributed by atoms with Crippen LogP contribution in [-0.2, 0) is 9.59 Å². The third-order valence-electron chi connectivity index (χ3n) is 4.89. The highest BCUT2D eigenvalue weighted by molar-refractivity contribution is 6.15. The van der Waals surface area contributed by atoms with Crippen molar-refractivity contribution in [2.75, 3.05) is 11.9 Å². The van der Waals surface area contributed by atoms with Gasteiger partial charge in [-0.1, -0.05) is 23.8 Å². The molecular weight excluding hydrogens is 426 g/mol. The first-order chi connectivity index (χ1) is 15.8. The summed E-state index contributed by atoms with van der Waals surface area (Å²) in [6.07, 6.45) is 4.43. The summed E-state index contributed by atoms with van der Waals surface area (Å²) in [4.78, 5) is 53.3. The fourth-order valence-electron chi connectivity index (χ4n) is 3.20. The zero-order valence-corrected chi connectivity index (χ0v) is 17.5. The van der Waals surface area contributed by atoms with Gasteiger partial charge in [-0.2, -0.15) is 0 Å². The third kappa shape index (κ3) is 4.79. The standard InChI is InChI=1S/C23H19N5O5/c1-14-5-7-16(8-6-14)25-20(29)12-28-21(30)19(26-23(28)33)10-17-11-27(13-24-17)18-4-2-3-15(9-18)22(31)32/h2-11,13H,12H2,1H3,(H,25,29)(H,26,33)(H,31,32)/b19-10-. The van der Waals surface area contributed by atoms with Crippen molar-refractivity contribution in [1.29, 1.82) is 0 Å². The molecule has 0 spiro atoms. The number of aromatic carboxylic acids is 1. The third-order valence-corrected chi connectivity index (χ3v) is 4.89. The molecule has 0 unspecified atom stereocenters. The molecule has 0 atom stereocenters. The Bertz CT molecular complexity index is 1290. The van der Waals surface area contributed by atoms with E-state index in [0.717, 1.165) is 10.5 Å². The number of imidazole rings is 1. The van der Waals surface area contributed by atoms with E-state index in [1.807, 2.05) is 19.1 Å². The average molecular weight is 445 g/mol. The Labute approximate surface area is 188 Å². The van der Waals surface area contributed by atoms with Crippen molar-refractivity contribution >= 4 is 35.6 Å². The Morgan fingerprint density at radius 3 is 2.64 bits per heavy atom. The second kappa shape index (κ2) is 8.79. The van der Waals surface area contributed by atoms with Crippen LogP contribution < -0.4 is 10.6 Å². The van der Waals surface area contributed by atoms with E-state index in [1.54, 1.807) is 35.0 Å². The Kier molecular flexibility index (Phi) is 5.73. The molecule has 1 aliphatic heterocycles. The van der Waals surface area contributed by atoms with Crippen LogP contribution >= 0.6 is 0 Å². The first kappa shape index (κ1) is 21.5. The normalized spacial score (nSPS) is 14.5. The van der Waals surface area contributed by atoms with Gasteiger partial charge in [0.25, 0.3) is 5.91 Å². The molecule has 33 heavy (non-hydrogen) atoms. The van der Waals surface area contributed by atoms with E-state index in [4.69, 9.17) is 5.11 Å². The molecule has 0 aliphatic carbocycles. The summed E-state index contributed by atoms with van der Waals surface area (Å²) in [6.45, 7) is 1.48. The fraction of sp³-hybridized carbons (Fsp3) is 0.0870. The molecule has 3 N–H and O–H groups in total. The number of nitrogens with zero attached hydrogens (tertiary/aromatic N) is 3. The minimum Gasteiger partial charge on any atom is -0.478 e. The number of nitrogens with one attached hydrogen (secondary N) is 2. The molecule has 0 saturated carbocycles. The largest absolute Gasteiger partial charge is 0.478 e. The van der Waals surface area contributed by atoms with Gasteiger partial charge in [-0.3, -0.25) is 9.59 Å². The average Bonchev–Trinajstić information content (AvgIpc) is 3.36. The highest BCUT2D eigenvalue weighted by atomic mass is 16.4. The fourth-order valence-corrected chi connectivity index (χ4v) is 3.20. The molecule has 4 amide bonds. The van der Waals surface area contributed by atoms with Gasteiger partial charge in [0.05, 0.1) is 17.6 Å². The number of anilines is 1. The molecule has 2 heterocycles. The van der Waals surface area contributed by atoms with E-state index in [-0.39, 0.29) is 11.3 Å². The minimum absolute atomic E-state index is 0.0207. The molecule has 1 saturated heterocycles. The second-order valence-corrected chi connectivity index (χ2v) is 7.35. The molecule has 4 rings (SSSR count). The number of carbonyl (C=O) groups excluding carboxylic acids is 3. The summed E-state index contributed by atoms with van der Waals surface area (Å²) >= 11 is 0. The maximum atomic E-state index is 12.6. The van der Waals surface area contributed by atoms with Gasteiger partial charge in [-0.15, -0.1) is 0 Å². The highest BCUT2D eigenvalue weighted by Crippen LogP contribution is 2.16. The lowest BCUT2D eigenvalue weighted by molar-refractivity contribution is -0.127. The number of aryl methyl sites for hydroxylation is 1. The smallest absolute Gasteiger partial charge is 0.335 e. The van der Waals surface area contributed by atoms with Crippen molar-refractivity contribution in [3.8, 4) is 5.69 Å². The lowest BCUT2D eigenvalue weighted by Crippen LogP contribution is -2.38. The van der Waals surface area contributed by atoms with Crippen LogP contribution in [0.25, 0.3) is 11.8 Å². The quantitative estimate of drug-likeness (QED) is 0.394. The van der Waals surface area contributed by atoms with Crippen LogP contribution in [0, 0.1) is 6.92 Å². The van der Waals surface area contributed by atoms with Crippen molar-refractivity contribution in [1.82, 2.24) is 19.8 Å². The zero-order chi connectivity index (χ0) is 23.5. The van der Waals surface area contributed by atoms with Crippen molar-refractivity contribution < 1.29 is 24.3 Å². The van der Waals surface area contributed by atoms with Gasteiger partial charge in [0.2, 0.25) is 5.91 Å². The number of carboxylic acids is 1. The summed E-state index contributed by atoms with van der Waals surface area (Å²) in [5, 5.41) is 14.2. The first-order valence-electron chi connectivity index (χ1n) is 9.89. The number of urea groups is 1. The SMILES string of the molecule is Cc1ccc(NC(=O)CN2C(=O)N/C(=C\c3cn(-c4cccc(C(=O)O)c4)cn3)C2=O)cc1. The van der Waals surface area contributed by atoms with Crippen molar-refractivity contribution in [2.45, 2.75) is 6.92 Å². The molecule has 1 fully saturated rings. The predicted octanol–water partition coefficient (Wildman–Crippen LogP) is 2.41. The van der Waals surface area contributed by atoms with E-state index in [0.29, 0.717) is 17.1 Å². The van der Waals surface area contributed by atoms with Crippen LogP contribution in [0.1, 0.15) is 21.6 Å². The maximum Gasteiger partial charge on any atom is 0.335 e. The number of rotatable bonds is 6. The van der Waals surface area contributed by atoms with Gasteiger partial charge < -0.3 is 20.3 Å². The molecule has 0 radical (unpaired) electrons. The van der Waals surface area contributed by atoms with E-state index >= 15 is 0 Å². The van der Waals surface area contributed by atoms with Crippen molar-refractivity contribution in [3.63, 3.8) is 0 Å². The Balaban J connectivity index is 1.45. The highest BCUT2D eigenvalue weighted by Gasteiger charge is 2.35. The molecule has 1 aromatic heterocycles. The number of hydrogen-bond acceptors (Lipinski definition) is 5. The van der Waals surface area contributed by atoms with E-state index in [1.165, 1.54) is 24.5 Å². The summed E-state index contributed by atoms with van der Waals surface area (Å²) in [5.41, 5.74) is 2.64. The van der Waals surface area contributed by atoms with Crippen LogP contribution in [0.5, 0.6) is 0 Å². The first-order valence-corrected chi connectivity index (χ1v) is 9.89. The molecular formula is C23H19N5O5. The van der Waals surface area contributed by atoms with Gasteiger partial charge in [0.15, 0.2) is 0 Å². The Hall–Kier alpha value is -4.73. The number of imide groups is 1. The zero-order valence-electron chi connectivity index (χ0n) is 17.5. The number of carboxylic acid groups (broad SMARTS) is 1. The van der Waals surface area contributed by atoms with Gasteiger partial charge in [0, 0.05) is 17.6 Å². The van der Waals surface area contributed by atoms with E-state index in [9.17, 15) is 19.2 Å². The molecule has 3 aromatic rings. The van der Waals surface area contributed by atoms with Crippen LogP contribution in [0.4, 0.5) is 10.5 Å². The molecule has 0 bridgehead atoms. The summed E-state index contributed by atoms with van der Waals surface area (Å²) in [6, 6.07) is 12.7. The van der Waals surface area contributed by atoms with Crippen LogP contribution in [0.2, 0.25) is 0 Å². The maximum absolute atomic E-state index is 12.6. The van der Waals surface area contributed by atoms with Crippen LogP contribution in [-0.4, -0.2) is 49.9 Å². The molecule has 1 aliphatic rings. The van der Waals surface area contributed by atoms with Crippen molar-refractivity contribution in [2.24, 2.45) is 0 Å². The summed E-state index contributed by atoms with van der Waals surface area (Å²) in [7, 11) is 0. The summed E-state index contributed by atoms with van der Waals surface area (Å²) in [5.74, 6) is -2.21. The Morgan fingerprint density at radius 1 is 1.15 bits per heavy atom. The van der Waals surface area contributed by atoms with Gasteiger partial charge >= 0.3 is 12.0 Å². The number of benzene rings is 2. The van der Waals surface area contributed by atoms with Crippen LogP contribution in [0.3, 0.4) is 0 Å².